The van der Waals surface area contributed by atoms with Gasteiger partial charge in [0.15, 0.2) is 0 Å². The third-order valence-corrected chi connectivity index (χ3v) is 3.20. The molecule has 0 bridgehead atoms. The Morgan fingerprint density at radius 2 is 2.05 bits per heavy atom. The molecule has 4 nitrogen and oxygen atoms in total. The third kappa shape index (κ3) is 4.16. The van der Waals surface area contributed by atoms with Crippen LogP contribution in [-0.2, 0) is 6.54 Å². The number of rotatable bonds is 7. The number of benzene rings is 1. The molecule has 1 saturated heterocycles. The highest BCUT2D eigenvalue weighted by molar-refractivity contribution is 5.75. The lowest BCUT2D eigenvalue weighted by molar-refractivity contribution is 0.215. The maximum absolute atomic E-state index is 11.4. The molecule has 1 aliphatic rings. The molecular formula is C15H21N2O2. The van der Waals surface area contributed by atoms with Crippen LogP contribution in [0.15, 0.2) is 24.3 Å². The van der Waals surface area contributed by atoms with Gasteiger partial charge in [0.2, 0.25) is 0 Å². The normalized spacial score (nSPS) is 14.6. The SMILES string of the molecule is CCCCCOc1ccc(CN2CC[N]C2=O)cc1. The van der Waals surface area contributed by atoms with Crippen molar-refractivity contribution in [3.8, 4) is 5.75 Å². The van der Waals surface area contributed by atoms with E-state index in [4.69, 9.17) is 4.74 Å². The van der Waals surface area contributed by atoms with Gasteiger partial charge in [-0.2, -0.15) is 0 Å². The average Bonchev–Trinajstić information content (AvgIpc) is 2.82. The minimum atomic E-state index is -0.0973. The van der Waals surface area contributed by atoms with Gasteiger partial charge in [0, 0.05) is 13.1 Å². The topological polar surface area (TPSA) is 43.6 Å². The zero-order chi connectivity index (χ0) is 13.5. The summed E-state index contributed by atoms with van der Waals surface area (Å²) < 4.78 is 5.66. The first kappa shape index (κ1) is 13.7. The molecule has 0 saturated carbocycles. The molecule has 0 unspecified atom stereocenters. The highest BCUT2D eigenvalue weighted by atomic mass is 16.5. The number of unbranched alkanes of at least 4 members (excludes halogenated alkanes) is 2. The molecule has 1 heterocycles. The van der Waals surface area contributed by atoms with E-state index < -0.39 is 0 Å². The quantitative estimate of drug-likeness (QED) is 0.708. The van der Waals surface area contributed by atoms with Crippen LogP contribution in [0.5, 0.6) is 5.75 Å². The summed E-state index contributed by atoms with van der Waals surface area (Å²) in [5.41, 5.74) is 1.12. The number of ether oxygens (including phenoxy) is 1. The van der Waals surface area contributed by atoms with Crippen molar-refractivity contribution < 1.29 is 9.53 Å². The van der Waals surface area contributed by atoms with E-state index in [9.17, 15) is 4.79 Å². The number of hydrogen-bond acceptors (Lipinski definition) is 2. The highest BCUT2D eigenvalue weighted by Crippen LogP contribution is 2.15. The summed E-state index contributed by atoms with van der Waals surface area (Å²) in [5.74, 6) is 0.900. The van der Waals surface area contributed by atoms with E-state index in [0.29, 0.717) is 13.1 Å². The lowest BCUT2D eigenvalue weighted by Crippen LogP contribution is -2.25. The van der Waals surface area contributed by atoms with Crippen LogP contribution in [0.4, 0.5) is 4.79 Å². The second-order valence-electron chi connectivity index (χ2n) is 4.79. The molecule has 19 heavy (non-hydrogen) atoms. The monoisotopic (exact) mass is 261 g/mol. The zero-order valence-electron chi connectivity index (χ0n) is 11.5. The van der Waals surface area contributed by atoms with E-state index in [1.807, 2.05) is 24.3 Å². The van der Waals surface area contributed by atoms with Crippen LogP contribution in [0, 0.1) is 0 Å². The van der Waals surface area contributed by atoms with E-state index in [-0.39, 0.29) is 6.03 Å². The molecule has 1 aromatic carbocycles. The molecule has 0 spiro atoms. The number of carbonyl (C=O) groups excluding carboxylic acids is 1. The summed E-state index contributed by atoms with van der Waals surface area (Å²) in [6, 6.07) is 7.87. The Bertz CT molecular complexity index is 403. The van der Waals surface area contributed by atoms with Gasteiger partial charge in [0.1, 0.15) is 5.75 Å². The Morgan fingerprint density at radius 3 is 2.68 bits per heavy atom. The van der Waals surface area contributed by atoms with E-state index in [2.05, 4.69) is 12.2 Å². The molecule has 1 fully saturated rings. The number of urea groups is 1. The van der Waals surface area contributed by atoms with Gasteiger partial charge in [0.05, 0.1) is 13.2 Å². The van der Waals surface area contributed by atoms with Crippen LogP contribution in [-0.4, -0.2) is 30.6 Å². The molecule has 1 aromatic rings. The van der Waals surface area contributed by atoms with Crippen LogP contribution in [0.2, 0.25) is 0 Å². The zero-order valence-corrected chi connectivity index (χ0v) is 11.5. The maximum Gasteiger partial charge on any atom is 0.339 e. The molecule has 1 aliphatic heterocycles. The van der Waals surface area contributed by atoms with Gasteiger partial charge < -0.3 is 9.64 Å². The predicted molar refractivity (Wildman–Crippen MR) is 74.3 cm³/mol. The fraction of sp³-hybridized carbons (Fsp3) is 0.533. The van der Waals surface area contributed by atoms with Crippen molar-refractivity contribution in [2.75, 3.05) is 19.7 Å². The molecule has 2 rings (SSSR count). The third-order valence-electron chi connectivity index (χ3n) is 3.20. The average molecular weight is 261 g/mol. The highest BCUT2D eigenvalue weighted by Gasteiger charge is 2.20. The Labute approximate surface area is 114 Å². The molecule has 0 aliphatic carbocycles. The number of nitrogens with zero attached hydrogens (tertiary/aromatic N) is 2. The summed E-state index contributed by atoms with van der Waals surface area (Å²) in [6.45, 7) is 4.95. The summed E-state index contributed by atoms with van der Waals surface area (Å²) in [5, 5.41) is 3.85. The summed E-state index contributed by atoms with van der Waals surface area (Å²) in [7, 11) is 0. The van der Waals surface area contributed by atoms with E-state index in [1.54, 1.807) is 4.90 Å². The fourth-order valence-electron chi connectivity index (χ4n) is 2.06. The Kier molecular flexibility index (Phi) is 5.07. The standard InChI is InChI=1S/C15H21N2O2/c1-2-3-4-11-19-14-7-5-13(6-8-14)12-17-10-9-16-15(17)18/h5-8H,2-4,9-12H2,1H3. The largest absolute Gasteiger partial charge is 0.494 e. The molecule has 2 amide bonds. The molecule has 4 heteroatoms. The van der Waals surface area contributed by atoms with Crippen molar-refractivity contribution in [2.45, 2.75) is 32.7 Å². The number of carbonyl (C=O) groups is 1. The minimum absolute atomic E-state index is 0.0973. The Balaban J connectivity index is 1.79. The van der Waals surface area contributed by atoms with Crippen molar-refractivity contribution in [3.05, 3.63) is 29.8 Å². The van der Waals surface area contributed by atoms with E-state index >= 15 is 0 Å². The van der Waals surface area contributed by atoms with Gasteiger partial charge in [-0.1, -0.05) is 31.9 Å². The first-order valence-corrected chi connectivity index (χ1v) is 6.97. The minimum Gasteiger partial charge on any atom is -0.494 e. The van der Waals surface area contributed by atoms with E-state index in [0.717, 1.165) is 30.9 Å². The number of hydrogen-bond donors (Lipinski definition) is 0. The van der Waals surface area contributed by atoms with Crippen LogP contribution < -0.4 is 10.1 Å². The first-order chi connectivity index (χ1) is 9.29. The second kappa shape index (κ2) is 7.02. The van der Waals surface area contributed by atoms with Gasteiger partial charge in [-0.25, -0.2) is 10.1 Å². The molecule has 0 atom stereocenters. The van der Waals surface area contributed by atoms with Gasteiger partial charge >= 0.3 is 6.03 Å². The predicted octanol–water partition coefficient (Wildman–Crippen LogP) is 2.80. The van der Waals surface area contributed by atoms with Gasteiger partial charge in [-0.15, -0.1) is 0 Å². The van der Waals surface area contributed by atoms with Gasteiger partial charge in [-0.05, 0) is 24.1 Å². The van der Waals surface area contributed by atoms with Crippen molar-refractivity contribution in [1.29, 1.82) is 0 Å². The van der Waals surface area contributed by atoms with Crippen molar-refractivity contribution >= 4 is 6.03 Å². The molecule has 0 N–H and O–H groups in total. The van der Waals surface area contributed by atoms with Crippen molar-refractivity contribution in [2.24, 2.45) is 0 Å². The van der Waals surface area contributed by atoms with Crippen LogP contribution in [0.1, 0.15) is 31.7 Å². The molecular weight excluding hydrogens is 240 g/mol. The smallest absolute Gasteiger partial charge is 0.339 e. The van der Waals surface area contributed by atoms with Gasteiger partial charge in [-0.3, -0.25) is 0 Å². The molecule has 103 valence electrons. The summed E-state index contributed by atoms with van der Waals surface area (Å²) in [4.78, 5) is 13.1. The lowest BCUT2D eigenvalue weighted by atomic mass is 10.2. The molecule has 1 radical (unpaired) electrons. The lowest BCUT2D eigenvalue weighted by Gasteiger charge is -2.14. The first-order valence-electron chi connectivity index (χ1n) is 6.97. The maximum atomic E-state index is 11.4. The van der Waals surface area contributed by atoms with Crippen molar-refractivity contribution in [3.63, 3.8) is 0 Å². The number of amides is 2. The fourth-order valence-corrected chi connectivity index (χ4v) is 2.06. The van der Waals surface area contributed by atoms with Crippen LogP contribution in [0.3, 0.4) is 0 Å². The Hall–Kier alpha value is -1.71. The van der Waals surface area contributed by atoms with E-state index in [1.165, 1.54) is 12.8 Å². The van der Waals surface area contributed by atoms with Gasteiger partial charge in [0.25, 0.3) is 0 Å². The summed E-state index contributed by atoms with van der Waals surface area (Å²) in [6.07, 6.45) is 3.51. The van der Waals surface area contributed by atoms with Crippen LogP contribution in [0.25, 0.3) is 0 Å². The Morgan fingerprint density at radius 1 is 1.26 bits per heavy atom. The second-order valence-corrected chi connectivity index (χ2v) is 4.79. The van der Waals surface area contributed by atoms with Crippen molar-refractivity contribution in [1.82, 2.24) is 10.2 Å². The van der Waals surface area contributed by atoms with Crippen LogP contribution >= 0.6 is 0 Å². The summed E-state index contributed by atoms with van der Waals surface area (Å²) >= 11 is 0. The molecule has 0 aromatic heterocycles.